The molecule has 0 aromatic heterocycles. The van der Waals surface area contributed by atoms with Gasteiger partial charge in [-0.3, -0.25) is 9.69 Å². The Morgan fingerprint density at radius 3 is 2.12 bits per heavy atom. The molecule has 0 aliphatic heterocycles. The molecule has 8 nitrogen and oxygen atoms in total. The molecule has 0 aliphatic rings. The van der Waals surface area contributed by atoms with Gasteiger partial charge in [-0.05, 0) is 19.4 Å². The van der Waals surface area contributed by atoms with Crippen molar-refractivity contribution < 1.29 is 29.3 Å². The van der Waals surface area contributed by atoms with Crippen LogP contribution >= 0.6 is 0 Å². The summed E-state index contributed by atoms with van der Waals surface area (Å²) in [6.45, 7) is 2.71. The van der Waals surface area contributed by atoms with Crippen LogP contribution in [0.1, 0.15) is 19.4 Å². The van der Waals surface area contributed by atoms with Crippen molar-refractivity contribution in [2.24, 2.45) is 0 Å². The van der Waals surface area contributed by atoms with Crippen LogP contribution in [0.5, 0.6) is 0 Å². The maximum atomic E-state index is 12.5. The van der Waals surface area contributed by atoms with Gasteiger partial charge in [-0.25, -0.2) is 9.59 Å². The molecule has 2 N–H and O–H groups in total. The predicted molar refractivity (Wildman–Crippen MR) is 89.7 cm³/mol. The number of rotatable bonds is 7. The average molecular weight is 352 g/mol. The molecule has 0 spiro atoms. The van der Waals surface area contributed by atoms with Crippen LogP contribution in [0.25, 0.3) is 0 Å². The van der Waals surface area contributed by atoms with E-state index in [0.29, 0.717) is 0 Å². The number of ether oxygens (including phenoxy) is 1. The summed E-state index contributed by atoms with van der Waals surface area (Å²) in [5.74, 6) is -1.88. The number of likely N-dealkylation sites (N-methyl/N-ethyl adjacent to an activating group) is 2. The predicted octanol–water partition coefficient (Wildman–Crippen LogP) is 0.936. The third-order valence-electron chi connectivity index (χ3n) is 3.91. The second kappa shape index (κ2) is 9.03. The number of aliphatic hydroxyl groups excluding tert-OH is 1. The van der Waals surface area contributed by atoms with E-state index in [1.807, 2.05) is 6.07 Å². The Kier molecular flexibility index (Phi) is 7.38. The Hall–Kier alpha value is -2.61. The topological polar surface area (TPSA) is 107 Å². The Labute approximate surface area is 146 Å². The van der Waals surface area contributed by atoms with Gasteiger partial charge in [0.1, 0.15) is 18.7 Å². The van der Waals surface area contributed by atoms with E-state index in [1.54, 1.807) is 24.3 Å². The number of carboxylic acids is 1. The van der Waals surface area contributed by atoms with E-state index in [1.165, 1.54) is 27.9 Å². The summed E-state index contributed by atoms with van der Waals surface area (Å²) >= 11 is 0. The maximum absolute atomic E-state index is 12.5. The molecule has 3 atom stereocenters. The molecule has 0 aliphatic carbocycles. The van der Waals surface area contributed by atoms with Crippen molar-refractivity contribution in [3.63, 3.8) is 0 Å². The van der Waals surface area contributed by atoms with Gasteiger partial charge in [0, 0.05) is 14.1 Å². The summed E-state index contributed by atoms with van der Waals surface area (Å²) in [5, 5.41) is 18.9. The van der Waals surface area contributed by atoms with Gasteiger partial charge in [0.2, 0.25) is 5.91 Å². The lowest BCUT2D eigenvalue weighted by Crippen LogP contribution is -2.56. The van der Waals surface area contributed by atoms with Crippen molar-refractivity contribution >= 4 is 18.0 Å². The lowest BCUT2D eigenvalue weighted by atomic mass is 10.1. The van der Waals surface area contributed by atoms with Crippen LogP contribution in [0.15, 0.2) is 30.3 Å². The van der Waals surface area contributed by atoms with Crippen LogP contribution < -0.4 is 0 Å². The number of nitrogens with zero attached hydrogens (tertiary/aromatic N) is 2. The molecule has 0 saturated heterocycles. The van der Waals surface area contributed by atoms with E-state index in [-0.39, 0.29) is 6.61 Å². The highest BCUT2D eigenvalue weighted by Crippen LogP contribution is 2.12. The number of carbonyl (C=O) groups excluding carboxylic acids is 2. The third-order valence-corrected chi connectivity index (χ3v) is 3.91. The first kappa shape index (κ1) is 20.4. The van der Waals surface area contributed by atoms with Crippen molar-refractivity contribution in [2.45, 2.75) is 38.6 Å². The van der Waals surface area contributed by atoms with Crippen LogP contribution in [-0.4, -0.2) is 70.3 Å². The minimum Gasteiger partial charge on any atom is -0.480 e. The van der Waals surface area contributed by atoms with Gasteiger partial charge < -0.3 is 19.8 Å². The Morgan fingerprint density at radius 1 is 1.08 bits per heavy atom. The van der Waals surface area contributed by atoms with E-state index in [9.17, 15) is 19.5 Å². The fraction of sp³-hybridized carbons (Fsp3) is 0.471. The number of carbonyl (C=O) groups is 3. The first-order valence-electron chi connectivity index (χ1n) is 7.77. The molecule has 0 heterocycles. The molecule has 138 valence electrons. The minimum atomic E-state index is -1.25. The Morgan fingerprint density at radius 2 is 1.64 bits per heavy atom. The summed E-state index contributed by atoms with van der Waals surface area (Å²) in [7, 11) is 2.63. The molecule has 0 bridgehead atoms. The highest BCUT2D eigenvalue weighted by molar-refractivity contribution is 5.89. The molecule has 2 amide bonds. The number of benzene rings is 1. The highest BCUT2D eigenvalue weighted by Gasteiger charge is 2.36. The van der Waals surface area contributed by atoms with Crippen molar-refractivity contribution in [1.29, 1.82) is 0 Å². The van der Waals surface area contributed by atoms with Crippen molar-refractivity contribution in [3.05, 3.63) is 35.9 Å². The summed E-state index contributed by atoms with van der Waals surface area (Å²) in [5.41, 5.74) is 0.779. The quantitative estimate of drug-likeness (QED) is 0.756. The van der Waals surface area contributed by atoms with E-state index in [2.05, 4.69) is 0 Å². The zero-order chi connectivity index (χ0) is 19.1. The molecule has 1 aromatic carbocycles. The number of amides is 2. The average Bonchev–Trinajstić information content (AvgIpc) is 2.58. The molecule has 8 heteroatoms. The van der Waals surface area contributed by atoms with E-state index < -0.39 is 36.2 Å². The lowest BCUT2D eigenvalue weighted by Gasteiger charge is -2.33. The number of hydrogen-bond donors (Lipinski definition) is 2. The van der Waals surface area contributed by atoms with Gasteiger partial charge in [-0.2, -0.15) is 0 Å². The summed E-state index contributed by atoms with van der Waals surface area (Å²) in [4.78, 5) is 37.7. The zero-order valence-corrected chi connectivity index (χ0v) is 14.7. The van der Waals surface area contributed by atoms with Crippen molar-refractivity contribution in [1.82, 2.24) is 9.80 Å². The largest absolute Gasteiger partial charge is 0.480 e. The summed E-state index contributed by atoms with van der Waals surface area (Å²) < 4.78 is 5.15. The van der Waals surface area contributed by atoms with Gasteiger partial charge in [0.25, 0.3) is 0 Å². The van der Waals surface area contributed by atoms with Crippen LogP contribution in [0.4, 0.5) is 4.79 Å². The van der Waals surface area contributed by atoms with Crippen molar-refractivity contribution in [2.75, 3.05) is 14.1 Å². The van der Waals surface area contributed by atoms with E-state index >= 15 is 0 Å². The monoisotopic (exact) mass is 352 g/mol. The van der Waals surface area contributed by atoms with Crippen LogP contribution in [0.3, 0.4) is 0 Å². The molecule has 25 heavy (non-hydrogen) atoms. The standard InChI is InChI=1S/C17H24N2O6/c1-11(16(22)23)18(3)15(21)14(12(2)20)19(4)17(24)25-10-13-8-6-5-7-9-13/h5-9,11-12,14,20H,10H2,1-4H3,(H,22,23)/t11-,12+,14-/m0/s1. The summed E-state index contributed by atoms with van der Waals surface area (Å²) in [6, 6.07) is 6.66. The van der Waals surface area contributed by atoms with Gasteiger partial charge in [0.05, 0.1) is 6.10 Å². The number of carboxylic acid groups (broad SMARTS) is 1. The van der Waals surface area contributed by atoms with Gasteiger partial charge in [-0.1, -0.05) is 30.3 Å². The first-order valence-corrected chi connectivity index (χ1v) is 7.77. The molecule has 0 fully saturated rings. The SMILES string of the molecule is C[C@@H](O)[C@@H](C(=O)N(C)[C@@H](C)C(=O)O)N(C)C(=O)OCc1ccccc1. The maximum Gasteiger partial charge on any atom is 0.410 e. The molecule has 0 unspecified atom stereocenters. The smallest absolute Gasteiger partial charge is 0.410 e. The molecule has 0 saturated carbocycles. The van der Waals surface area contributed by atoms with E-state index in [4.69, 9.17) is 9.84 Å². The molecule has 1 aromatic rings. The Balaban J connectivity index is 2.81. The fourth-order valence-corrected chi connectivity index (χ4v) is 2.20. The number of aliphatic carboxylic acids is 1. The van der Waals surface area contributed by atoms with Crippen LogP contribution in [0.2, 0.25) is 0 Å². The molecular weight excluding hydrogens is 328 g/mol. The molecule has 0 radical (unpaired) electrons. The fourth-order valence-electron chi connectivity index (χ4n) is 2.20. The third kappa shape index (κ3) is 5.46. The summed E-state index contributed by atoms with van der Waals surface area (Å²) in [6.07, 6.45) is -2.00. The zero-order valence-electron chi connectivity index (χ0n) is 14.7. The van der Waals surface area contributed by atoms with Gasteiger partial charge in [0.15, 0.2) is 0 Å². The van der Waals surface area contributed by atoms with E-state index in [0.717, 1.165) is 15.4 Å². The van der Waals surface area contributed by atoms with Crippen LogP contribution in [-0.2, 0) is 20.9 Å². The second-order valence-corrected chi connectivity index (χ2v) is 5.80. The van der Waals surface area contributed by atoms with Gasteiger partial charge in [-0.15, -0.1) is 0 Å². The second-order valence-electron chi connectivity index (χ2n) is 5.80. The number of hydrogen-bond acceptors (Lipinski definition) is 5. The minimum absolute atomic E-state index is 0.0199. The number of aliphatic hydroxyl groups is 1. The molecular formula is C17H24N2O6. The molecule has 1 rings (SSSR count). The first-order chi connectivity index (χ1) is 11.7. The Bertz CT molecular complexity index is 604. The van der Waals surface area contributed by atoms with Crippen molar-refractivity contribution in [3.8, 4) is 0 Å². The lowest BCUT2D eigenvalue weighted by molar-refractivity contribution is -0.151. The van der Waals surface area contributed by atoms with Gasteiger partial charge >= 0.3 is 12.1 Å². The van der Waals surface area contributed by atoms with Crippen LogP contribution in [0, 0.1) is 0 Å². The normalized spacial score (nSPS) is 14.1. The highest BCUT2D eigenvalue weighted by atomic mass is 16.6.